The van der Waals surface area contributed by atoms with Crippen LogP contribution in [0.4, 0.5) is 5.69 Å². The molecule has 0 saturated carbocycles. The van der Waals surface area contributed by atoms with E-state index in [2.05, 4.69) is 6.07 Å². The van der Waals surface area contributed by atoms with Gasteiger partial charge in [0.2, 0.25) is 5.91 Å². The minimum atomic E-state index is -0.281. The van der Waals surface area contributed by atoms with Crippen LogP contribution in [0.3, 0.4) is 0 Å². The van der Waals surface area contributed by atoms with Crippen molar-refractivity contribution < 1.29 is 14.4 Å². The van der Waals surface area contributed by atoms with Crippen LogP contribution in [-0.4, -0.2) is 35.2 Å². The number of nitrogens with zero attached hydrogens (tertiary/aromatic N) is 2. The number of amides is 3. The highest BCUT2D eigenvalue weighted by atomic mass is 16.2. The number of carbonyl (C=O) groups is 3. The summed E-state index contributed by atoms with van der Waals surface area (Å²) in [5.74, 6) is -0.528. The molecule has 0 unspecified atom stereocenters. The lowest BCUT2D eigenvalue weighted by atomic mass is 9.94. The Hall–Kier alpha value is -3.47. The van der Waals surface area contributed by atoms with Crippen molar-refractivity contribution in [2.24, 2.45) is 0 Å². The van der Waals surface area contributed by atoms with Crippen LogP contribution in [0.5, 0.6) is 0 Å². The maximum atomic E-state index is 13.0. The normalized spacial score (nSPS) is 17.6. The van der Waals surface area contributed by atoms with E-state index < -0.39 is 0 Å². The van der Waals surface area contributed by atoms with Gasteiger partial charge in [0.25, 0.3) is 11.8 Å². The van der Waals surface area contributed by atoms with Crippen LogP contribution < -0.4 is 4.90 Å². The lowest BCUT2D eigenvalue weighted by Gasteiger charge is -2.28. The van der Waals surface area contributed by atoms with Gasteiger partial charge in [-0.3, -0.25) is 19.3 Å². The Bertz CT molecular complexity index is 1150. The Kier molecular flexibility index (Phi) is 4.39. The van der Waals surface area contributed by atoms with Gasteiger partial charge in [-0.1, -0.05) is 42.5 Å². The molecule has 2 heterocycles. The molecule has 0 aliphatic carbocycles. The first-order chi connectivity index (χ1) is 14.6. The summed E-state index contributed by atoms with van der Waals surface area (Å²) in [4.78, 5) is 42.0. The summed E-state index contributed by atoms with van der Waals surface area (Å²) >= 11 is 0. The predicted molar refractivity (Wildman–Crippen MR) is 116 cm³/mol. The van der Waals surface area contributed by atoms with E-state index in [1.54, 1.807) is 12.1 Å². The quantitative estimate of drug-likeness (QED) is 0.619. The number of benzene rings is 3. The molecule has 5 rings (SSSR count). The number of para-hydroxylation sites is 1. The van der Waals surface area contributed by atoms with Crippen molar-refractivity contribution >= 4 is 34.2 Å². The average molecular weight is 398 g/mol. The molecule has 5 heteroatoms. The van der Waals surface area contributed by atoms with Crippen molar-refractivity contribution in [1.29, 1.82) is 0 Å². The molecule has 150 valence electrons. The maximum absolute atomic E-state index is 13.0. The first-order valence-corrected chi connectivity index (χ1v) is 10.3. The molecule has 0 fully saturated rings. The van der Waals surface area contributed by atoms with Crippen molar-refractivity contribution in [2.75, 3.05) is 11.4 Å². The number of hydrogen-bond acceptors (Lipinski definition) is 3. The molecule has 5 nitrogen and oxygen atoms in total. The van der Waals surface area contributed by atoms with E-state index in [1.165, 1.54) is 10.5 Å². The number of carbonyl (C=O) groups excluding carboxylic acids is 3. The zero-order valence-corrected chi connectivity index (χ0v) is 16.8. The first kappa shape index (κ1) is 18.6. The lowest BCUT2D eigenvalue weighted by Crippen LogP contribution is -2.41. The first-order valence-electron chi connectivity index (χ1n) is 10.3. The molecular weight excluding hydrogens is 376 g/mol. The van der Waals surface area contributed by atoms with Gasteiger partial charge in [0.1, 0.15) is 0 Å². The summed E-state index contributed by atoms with van der Waals surface area (Å²) in [5.41, 5.74) is 3.26. The average Bonchev–Trinajstić information content (AvgIpc) is 3.10. The minimum absolute atomic E-state index is 0.0341. The number of hydrogen-bond donors (Lipinski definition) is 0. The molecule has 0 aromatic heterocycles. The van der Waals surface area contributed by atoms with Crippen LogP contribution in [0.25, 0.3) is 10.8 Å². The lowest BCUT2D eigenvalue weighted by molar-refractivity contribution is -0.119. The van der Waals surface area contributed by atoms with Crippen molar-refractivity contribution in [2.45, 2.75) is 32.2 Å². The van der Waals surface area contributed by atoms with Gasteiger partial charge >= 0.3 is 0 Å². The summed E-state index contributed by atoms with van der Waals surface area (Å²) in [6, 6.07) is 19.1. The molecule has 3 aromatic rings. The highest BCUT2D eigenvalue weighted by Gasteiger charge is 2.33. The zero-order chi connectivity index (χ0) is 20.8. The molecule has 3 amide bonds. The summed E-state index contributed by atoms with van der Waals surface area (Å²) in [6.07, 6.45) is 1.59. The Morgan fingerprint density at radius 2 is 1.60 bits per heavy atom. The standard InChI is InChI=1S/C25H22N2O3/c1-16-15-18-7-2-3-12-21(18)27(16)22(28)13-6-14-26-24(29)19-10-4-8-17-9-5-11-20(23(17)19)25(26)30/h2-5,7-12,16H,6,13-15H2,1H3/t16-/m0/s1. The van der Waals surface area contributed by atoms with Gasteiger partial charge < -0.3 is 4.90 Å². The largest absolute Gasteiger partial charge is 0.309 e. The van der Waals surface area contributed by atoms with Gasteiger partial charge in [-0.05, 0) is 48.9 Å². The summed E-state index contributed by atoms with van der Waals surface area (Å²) < 4.78 is 0. The van der Waals surface area contributed by atoms with Crippen LogP contribution in [-0.2, 0) is 11.2 Å². The smallest absolute Gasteiger partial charge is 0.261 e. The molecular formula is C25H22N2O3. The van der Waals surface area contributed by atoms with Crippen molar-refractivity contribution in [3.63, 3.8) is 0 Å². The highest BCUT2D eigenvalue weighted by Crippen LogP contribution is 2.33. The second-order valence-corrected chi connectivity index (χ2v) is 8.02. The molecule has 1 atom stereocenters. The van der Waals surface area contributed by atoms with Crippen LogP contribution in [0.15, 0.2) is 60.7 Å². The van der Waals surface area contributed by atoms with Crippen molar-refractivity contribution in [3.8, 4) is 0 Å². The fraction of sp³-hybridized carbons (Fsp3) is 0.240. The maximum Gasteiger partial charge on any atom is 0.261 e. The van der Waals surface area contributed by atoms with E-state index in [-0.39, 0.29) is 30.3 Å². The van der Waals surface area contributed by atoms with E-state index in [0.717, 1.165) is 22.9 Å². The van der Waals surface area contributed by atoms with E-state index in [0.29, 0.717) is 24.0 Å². The Morgan fingerprint density at radius 3 is 2.30 bits per heavy atom. The Balaban J connectivity index is 1.31. The van der Waals surface area contributed by atoms with Gasteiger partial charge in [-0.25, -0.2) is 0 Å². The molecule has 0 N–H and O–H groups in total. The third kappa shape index (κ3) is 2.81. The summed E-state index contributed by atoms with van der Waals surface area (Å²) in [7, 11) is 0. The van der Waals surface area contributed by atoms with Gasteiger partial charge in [0.15, 0.2) is 0 Å². The monoisotopic (exact) mass is 398 g/mol. The minimum Gasteiger partial charge on any atom is -0.309 e. The van der Waals surface area contributed by atoms with Crippen LogP contribution in [0.2, 0.25) is 0 Å². The van der Waals surface area contributed by atoms with E-state index in [9.17, 15) is 14.4 Å². The summed E-state index contributed by atoms with van der Waals surface area (Å²) in [5, 5.41) is 1.62. The van der Waals surface area contributed by atoms with Gasteiger partial charge in [0, 0.05) is 41.2 Å². The molecule has 2 aliphatic heterocycles. The van der Waals surface area contributed by atoms with E-state index in [4.69, 9.17) is 0 Å². The molecule has 0 bridgehead atoms. The zero-order valence-electron chi connectivity index (χ0n) is 16.8. The fourth-order valence-corrected chi connectivity index (χ4v) is 4.74. The third-order valence-corrected chi connectivity index (χ3v) is 6.10. The van der Waals surface area contributed by atoms with Crippen LogP contribution in [0, 0.1) is 0 Å². The van der Waals surface area contributed by atoms with Crippen molar-refractivity contribution in [3.05, 3.63) is 77.4 Å². The van der Waals surface area contributed by atoms with Crippen LogP contribution in [0.1, 0.15) is 46.0 Å². The van der Waals surface area contributed by atoms with Gasteiger partial charge in [0.05, 0.1) is 0 Å². The van der Waals surface area contributed by atoms with Crippen LogP contribution >= 0.6 is 0 Å². The summed E-state index contributed by atoms with van der Waals surface area (Å²) in [6.45, 7) is 2.28. The van der Waals surface area contributed by atoms with E-state index >= 15 is 0 Å². The Labute approximate surface area is 174 Å². The molecule has 2 aliphatic rings. The third-order valence-electron chi connectivity index (χ3n) is 6.10. The second kappa shape index (κ2) is 7.10. The fourth-order valence-electron chi connectivity index (χ4n) is 4.74. The van der Waals surface area contributed by atoms with Crippen molar-refractivity contribution in [1.82, 2.24) is 4.90 Å². The SMILES string of the molecule is C[C@H]1Cc2ccccc2N1C(=O)CCCN1C(=O)c2cccc3cccc(c23)C1=O. The highest BCUT2D eigenvalue weighted by molar-refractivity contribution is 6.25. The number of imide groups is 1. The molecule has 30 heavy (non-hydrogen) atoms. The predicted octanol–water partition coefficient (Wildman–Crippen LogP) is 4.19. The Morgan fingerprint density at radius 1 is 0.933 bits per heavy atom. The second-order valence-electron chi connectivity index (χ2n) is 8.02. The number of fused-ring (bicyclic) bond motifs is 1. The molecule has 3 aromatic carbocycles. The molecule has 0 radical (unpaired) electrons. The van der Waals surface area contributed by atoms with Gasteiger partial charge in [-0.2, -0.15) is 0 Å². The number of rotatable bonds is 4. The topological polar surface area (TPSA) is 57.7 Å². The van der Waals surface area contributed by atoms with Gasteiger partial charge in [-0.15, -0.1) is 0 Å². The molecule has 0 spiro atoms. The number of anilines is 1. The molecule has 0 saturated heterocycles. The van der Waals surface area contributed by atoms with E-state index in [1.807, 2.05) is 54.3 Å².